The fourth-order valence-electron chi connectivity index (χ4n) is 3.79. The van der Waals surface area contributed by atoms with Crippen LogP contribution in [0.15, 0.2) is 43.1 Å². The van der Waals surface area contributed by atoms with Gasteiger partial charge in [-0.1, -0.05) is 13.0 Å². The number of carbonyl (C=O) groups is 1. The Labute approximate surface area is 158 Å². The van der Waals surface area contributed by atoms with Gasteiger partial charge in [0.25, 0.3) is 0 Å². The minimum atomic E-state index is -0.469. The summed E-state index contributed by atoms with van der Waals surface area (Å²) in [6, 6.07) is 0. The van der Waals surface area contributed by atoms with Crippen LogP contribution in [0.2, 0.25) is 0 Å². The van der Waals surface area contributed by atoms with Gasteiger partial charge in [0, 0.05) is 74.9 Å². The van der Waals surface area contributed by atoms with Crippen molar-refractivity contribution >= 4 is 11.5 Å². The number of aromatic amines is 1. The van der Waals surface area contributed by atoms with Crippen molar-refractivity contribution in [2.24, 2.45) is 7.05 Å². The van der Waals surface area contributed by atoms with Crippen LogP contribution in [-0.4, -0.2) is 61.9 Å². The Hall–Kier alpha value is -2.87. The molecule has 0 aliphatic carbocycles. The molecule has 0 spiro atoms. The lowest BCUT2D eigenvalue weighted by Gasteiger charge is -2.47. The van der Waals surface area contributed by atoms with Gasteiger partial charge in [-0.3, -0.25) is 19.5 Å². The number of hydrogen-bond acceptors (Lipinski definition) is 5. The van der Waals surface area contributed by atoms with E-state index in [1.165, 1.54) is 0 Å². The highest BCUT2D eigenvalue weighted by molar-refractivity contribution is 5.76. The number of aryl methyl sites for hydroxylation is 1. The molecule has 27 heavy (non-hydrogen) atoms. The third-order valence-corrected chi connectivity index (χ3v) is 5.36. The number of hydrogen-bond donors (Lipinski definition) is 2. The molecule has 0 saturated carbocycles. The number of aromatic nitrogens is 4. The molecule has 1 atom stereocenters. The predicted octanol–water partition coefficient (Wildman–Crippen LogP) is 1.05. The third kappa shape index (κ3) is 3.16. The molecule has 2 N–H and O–H groups in total. The Bertz CT molecular complexity index is 859. The minimum absolute atomic E-state index is 0.222. The lowest BCUT2D eigenvalue weighted by molar-refractivity contribution is -0.133. The molecular weight excluding hydrogens is 342 g/mol. The van der Waals surface area contributed by atoms with Crippen LogP contribution in [-0.2, 0) is 17.5 Å². The summed E-state index contributed by atoms with van der Waals surface area (Å²) in [5.41, 5.74) is 2.72. The van der Waals surface area contributed by atoms with E-state index in [2.05, 4.69) is 37.7 Å². The maximum Gasteiger partial charge on any atom is 0.222 e. The number of carbonyl (C=O) groups excluding carboxylic acids is 1. The van der Waals surface area contributed by atoms with E-state index in [0.717, 1.165) is 42.9 Å². The summed E-state index contributed by atoms with van der Waals surface area (Å²) in [6.45, 7) is 4.99. The molecule has 0 bridgehead atoms. The number of rotatable bonds is 4. The van der Waals surface area contributed by atoms with E-state index in [9.17, 15) is 4.79 Å². The Morgan fingerprint density at radius 2 is 2.07 bits per heavy atom. The van der Waals surface area contributed by atoms with Gasteiger partial charge in [-0.2, -0.15) is 10.2 Å². The maximum atomic E-state index is 12.0. The van der Waals surface area contributed by atoms with Gasteiger partial charge in [0.1, 0.15) is 5.66 Å². The first kappa shape index (κ1) is 17.5. The SMILES string of the molecule is CCC(=O)N1CCN(C2(c3cnn(C)c3)C=CC(c3cn[nH]c3)=CN2)CC1. The van der Waals surface area contributed by atoms with Crippen LogP contribution in [0, 0.1) is 0 Å². The monoisotopic (exact) mass is 367 g/mol. The smallest absolute Gasteiger partial charge is 0.222 e. The van der Waals surface area contributed by atoms with Crippen LogP contribution in [0.3, 0.4) is 0 Å². The lowest BCUT2D eigenvalue weighted by Crippen LogP contribution is -2.60. The second-order valence-corrected chi connectivity index (χ2v) is 6.95. The summed E-state index contributed by atoms with van der Waals surface area (Å²) in [4.78, 5) is 16.4. The molecule has 2 aliphatic rings. The molecule has 0 aromatic carbocycles. The molecule has 0 radical (unpaired) electrons. The van der Waals surface area contributed by atoms with Gasteiger partial charge < -0.3 is 10.2 Å². The average Bonchev–Trinajstić information content (AvgIpc) is 3.40. The third-order valence-electron chi connectivity index (χ3n) is 5.36. The average molecular weight is 367 g/mol. The standard InChI is InChI=1S/C19H25N7O/c1-3-18(27)25-6-8-26(9-7-25)19(17-13-23-24(2)14-17)5-4-15(10-20-19)16-11-21-22-12-16/h4-5,10-14,20H,3,6-9H2,1-2H3,(H,21,22). The first-order valence-corrected chi connectivity index (χ1v) is 9.30. The normalized spacial score (nSPS) is 23.2. The first-order chi connectivity index (χ1) is 13.1. The highest BCUT2D eigenvalue weighted by Gasteiger charge is 2.40. The van der Waals surface area contributed by atoms with Gasteiger partial charge in [0.2, 0.25) is 5.91 Å². The van der Waals surface area contributed by atoms with E-state index in [4.69, 9.17) is 0 Å². The van der Waals surface area contributed by atoms with Crippen molar-refractivity contribution in [3.63, 3.8) is 0 Å². The van der Waals surface area contributed by atoms with Crippen molar-refractivity contribution in [2.75, 3.05) is 26.2 Å². The summed E-state index contributed by atoms with van der Waals surface area (Å²) in [6.07, 6.45) is 14.5. The number of H-pyrrole nitrogens is 1. The Morgan fingerprint density at radius 3 is 2.63 bits per heavy atom. The van der Waals surface area contributed by atoms with Crippen LogP contribution in [0.1, 0.15) is 24.5 Å². The molecule has 2 aliphatic heterocycles. The number of amides is 1. The largest absolute Gasteiger partial charge is 0.365 e. The molecule has 142 valence electrons. The summed E-state index contributed by atoms with van der Waals surface area (Å²) < 4.78 is 1.82. The zero-order chi connectivity index (χ0) is 18.9. The van der Waals surface area contributed by atoms with Crippen LogP contribution in [0.5, 0.6) is 0 Å². The topological polar surface area (TPSA) is 82.1 Å². The van der Waals surface area contributed by atoms with Gasteiger partial charge in [0.15, 0.2) is 0 Å². The Balaban J connectivity index is 1.60. The second-order valence-electron chi connectivity index (χ2n) is 6.95. The predicted molar refractivity (Wildman–Crippen MR) is 102 cm³/mol. The van der Waals surface area contributed by atoms with E-state index < -0.39 is 5.66 Å². The molecule has 4 heterocycles. The van der Waals surface area contributed by atoms with Crippen molar-refractivity contribution in [1.82, 2.24) is 35.1 Å². The molecular formula is C19H25N7O. The Morgan fingerprint density at radius 1 is 1.26 bits per heavy atom. The molecule has 1 amide bonds. The zero-order valence-corrected chi connectivity index (χ0v) is 15.7. The summed E-state index contributed by atoms with van der Waals surface area (Å²) in [5, 5.41) is 14.9. The molecule has 2 aromatic rings. The van der Waals surface area contributed by atoms with Crippen molar-refractivity contribution < 1.29 is 4.79 Å². The Kier molecular flexibility index (Phi) is 4.57. The summed E-state index contributed by atoms with van der Waals surface area (Å²) >= 11 is 0. The highest BCUT2D eigenvalue weighted by Crippen LogP contribution is 2.33. The van der Waals surface area contributed by atoms with Gasteiger partial charge in [-0.15, -0.1) is 0 Å². The van der Waals surface area contributed by atoms with Gasteiger partial charge >= 0.3 is 0 Å². The number of nitrogens with one attached hydrogen (secondary N) is 2. The first-order valence-electron chi connectivity index (χ1n) is 9.30. The van der Waals surface area contributed by atoms with Crippen molar-refractivity contribution in [2.45, 2.75) is 19.0 Å². The molecule has 1 fully saturated rings. The molecule has 1 saturated heterocycles. The van der Waals surface area contributed by atoms with E-state index in [1.54, 1.807) is 0 Å². The van der Waals surface area contributed by atoms with E-state index in [-0.39, 0.29) is 5.91 Å². The molecule has 2 aromatic heterocycles. The van der Waals surface area contributed by atoms with Crippen molar-refractivity contribution in [3.8, 4) is 0 Å². The van der Waals surface area contributed by atoms with E-state index in [1.807, 2.05) is 54.5 Å². The second kappa shape index (κ2) is 7.03. The van der Waals surface area contributed by atoms with Crippen LogP contribution >= 0.6 is 0 Å². The quantitative estimate of drug-likeness (QED) is 0.844. The number of piperazine rings is 1. The fraction of sp³-hybridized carbons (Fsp3) is 0.421. The van der Waals surface area contributed by atoms with Gasteiger partial charge in [-0.05, 0) is 6.08 Å². The van der Waals surface area contributed by atoms with Crippen LogP contribution < -0.4 is 5.32 Å². The molecule has 4 rings (SSSR count). The van der Waals surface area contributed by atoms with E-state index >= 15 is 0 Å². The van der Waals surface area contributed by atoms with Crippen molar-refractivity contribution in [3.05, 3.63) is 54.3 Å². The number of dihydropyridines is 1. The molecule has 8 nitrogen and oxygen atoms in total. The minimum Gasteiger partial charge on any atom is -0.365 e. The highest BCUT2D eigenvalue weighted by atomic mass is 16.2. The molecule has 1 unspecified atom stereocenters. The summed E-state index contributed by atoms with van der Waals surface area (Å²) in [5.74, 6) is 0.222. The zero-order valence-electron chi connectivity index (χ0n) is 15.7. The molecule has 8 heteroatoms. The fourth-order valence-corrected chi connectivity index (χ4v) is 3.79. The van der Waals surface area contributed by atoms with Crippen molar-refractivity contribution in [1.29, 1.82) is 0 Å². The van der Waals surface area contributed by atoms with Crippen LogP contribution in [0.4, 0.5) is 0 Å². The van der Waals surface area contributed by atoms with Gasteiger partial charge in [0.05, 0.1) is 12.4 Å². The van der Waals surface area contributed by atoms with E-state index in [0.29, 0.717) is 6.42 Å². The lowest BCUT2D eigenvalue weighted by atomic mass is 9.94. The number of nitrogens with zero attached hydrogens (tertiary/aromatic N) is 5. The number of allylic oxidation sites excluding steroid dienone is 2. The van der Waals surface area contributed by atoms with Gasteiger partial charge in [-0.25, -0.2) is 0 Å². The maximum absolute atomic E-state index is 12.0. The summed E-state index contributed by atoms with van der Waals surface area (Å²) in [7, 11) is 1.92. The van der Waals surface area contributed by atoms with Crippen LogP contribution in [0.25, 0.3) is 5.57 Å².